The summed E-state index contributed by atoms with van der Waals surface area (Å²) in [5, 5.41) is 14.0. The maximum Gasteiger partial charge on any atom is 0.338 e. The molecule has 2 amide bonds. The number of carbonyl (C=O) groups is 2. The minimum absolute atomic E-state index is 0.205. The summed E-state index contributed by atoms with van der Waals surface area (Å²) in [6, 6.07) is 2.96. The van der Waals surface area contributed by atoms with Gasteiger partial charge >= 0.3 is 12.0 Å². The number of carboxylic acids is 1. The molecule has 0 aliphatic heterocycles. The van der Waals surface area contributed by atoms with Crippen LogP contribution in [0, 0.1) is 5.82 Å². The lowest BCUT2D eigenvalue weighted by molar-refractivity contribution is 0.0692. The van der Waals surface area contributed by atoms with E-state index in [1.807, 2.05) is 13.2 Å². The first kappa shape index (κ1) is 15.3. The van der Waals surface area contributed by atoms with Crippen LogP contribution in [0.2, 0.25) is 0 Å². The number of hydrogen-bond donors (Lipinski definition) is 3. The number of carbonyl (C=O) groups excluding carboxylic acids is 1. The lowest BCUT2D eigenvalue weighted by Crippen LogP contribution is -2.33. The first-order chi connectivity index (χ1) is 8.93. The van der Waals surface area contributed by atoms with Crippen molar-refractivity contribution in [1.82, 2.24) is 5.32 Å². The van der Waals surface area contributed by atoms with Gasteiger partial charge in [-0.2, -0.15) is 11.8 Å². The average molecular weight is 286 g/mol. The largest absolute Gasteiger partial charge is 0.478 e. The smallest absolute Gasteiger partial charge is 0.338 e. The highest BCUT2D eigenvalue weighted by Gasteiger charge is 2.11. The second-order valence-corrected chi connectivity index (χ2v) is 5.16. The van der Waals surface area contributed by atoms with Gasteiger partial charge in [0.25, 0.3) is 0 Å². The minimum Gasteiger partial charge on any atom is -0.478 e. The van der Waals surface area contributed by atoms with E-state index in [1.165, 1.54) is 6.07 Å². The van der Waals surface area contributed by atoms with Crippen molar-refractivity contribution in [3.8, 4) is 0 Å². The zero-order valence-corrected chi connectivity index (χ0v) is 11.4. The van der Waals surface area contributed by atoms with Crippen LogP contribution in [0.4, 0.5) is 14.9 Å². The molecule has 5 nitrogen and oxygen atoms in total. The van der Waals surface area contributed by atoms with Gasteiger partial charge in [-0.05, 0) is 24.5 Å². The maximum absolute atomic E-state index is 13.4. The molecule has 0 radical (unpaired) electrons. The first-order valence-corrected chi connectivity index (χ1v) is 6.83. The van der Waals surface area contributed by atoms with Gasteiger partial charge in [0, 0.05) is 17.5 Å². The van der Waals surface area contributed by atoms with E-state index in [2.05, 4.69) is 10.6 Å². The predicted octanol–water partition coefficient (Wildman–Crippen LogP) is 2.40. The normalized spacial score (nSPS) is 11.7. The van der Waals surface area contributed by atoms with Crippen molar-refractivity contribution in [3.05, 3.63) is 29.6 Å². The molecular weight excluding hydrogens is 271 g/mol. The van der Waals surface area contributed by atoms with Crippen LogP contribution in [0.15, 0.2) is 18.2 Å². The lowest BCUT2D eigenvalue weighted by Gasteiger charge is -2.11. The molecule has 104 valence electrons. The number of halogens is 1. The average Bonchev–Trinajstić information content (AvgIpc) is 2.35. The number of urea groups is 1. The van der Waals surface area contributed by atoms with Gasteiger partial charge in [-0.25, -0.2) is 14.0 Å². The Morgan fingerprint density at radius 1 is 1.47 bits per heavy atom. The zero-order valence-electron chi connectivity index (χ0n) is 10.6. The molecule has 0 fully saturated rings. The summed E-state index contributed by atoms with van der Waals surface area (Å²) in [6.07, 6.45) is 1.93. The maximum atomic E-state index is 13.4. The van der Waals surface area contributed by atoms with Crippen LogP contribution in [-0.4, -0.2) is 35.2 Å². The van der Waals surface area contributed by atoms with Gasteiger partial charge < -0.3 is 15.7 Å². The highest BCUT2D eigenvalue weighted by molar-refractivity contribution is 7.99. The summed E-state index contributed by atoms with van der Waals surface area (Å²) >= 11 is 1.61. The first-order valence-electron chi connectivity index (χ1n) is 5.54. The Morgan fingerprint density at radius 3 is 2.68 bits per heavy atom. The number of benzene rings is 1. The van der Waals surface area contributed by atoms with Gasteiger partial charge in [0.05, 0.1) is 5.56 Å². The van der Waals surface area contributed by atoms with Crippen LogP contribution in [0.5, 0.6) is 0 Å². The van der Waals surface area contributed by atoms with E-state index in [-0.39, 0.29) is 10.9 Å². The molecule has 0 aliphatic carbocycles. The Bertz CT molecular complexity index is 482. The van der Waals surface area contributed by atoms with Crippen molar-refractivity contribution in [2.24, 2.45) is 0 Å². The summed E-state index contributed by atoms with van der Waals surface area (Å²) in [6.45, 7) is 2.45. The van der Waals surface area contributed by atoms with Crippen molar-refractivity contribution in [2.75, 3.05) is 18.1 Å². The summed E-state index contributed by atoms with van der Waals surface area (Å²) < 4.78 is 13.4. The molecule has 0 saturated heterocycles. The third-order valence-electron chi connectivity index (χ3n) is 2.41. The molecule has 3 N–H and O–H groups in total. The molecule has 0 aliphatic rings. The quantitative estimate of drug-likeness (QED) is 0.776. The van der Waals surface area contributed by atoms with E-state index in [0.717, 1.165) is 12.1 Å². The number of aromatic carboxylic acids is 1. The van der Waals surface area contributed by atoms with Gasteiger partial charge in [0.2, 0.25) is 0 Å². The highest BCUT2D eigenvalue weighted by Crippen LogP contribution is 2.14. The Hall–Kier alpha value is -1.76. The number of carboxylic acid groups (broad SMARTS) is 1. The molecule has 1 aromatic carbocycles. The standard InChI is InChI=1S/C12H15FN2O3S/c1-7(19-2)6-14-12(18)15-8-3-4-9(11(16)17)10(13)5-8/h3-5,7H,6H2,1-2H3,(H,16,17)(H2,14,15,18). The van der Waals surface area contributed by atoms with Crippen LogP contribution < -0.4 is 10.6 Å². The molecule has 1 rings (SSSR count). The van der Waals surface area contributed by atoms with E-state index in [9.17, 15) is 14.0 Å². The number of hydrogen-bond acceptors (Lipinski definition) is 3. The Kier molecular flexibility index (Phi) is 5.62. The van der Waals surface area contributed by atoms with Gasteiger partial charge in [0.1, 0.15) is 5.82 Å². The molecule has 0 saturated carbocycles. The van der Waals surface area contributed by atoms with E-state index < -0.39 is 23.4 Å². The van der Waals surface area contributed by atoms with Crippen LogP contribution in [0.1, 0.15) is 17.3 Å². The molecular formula is C12H15FN2O3S. The number of rotatable bonds is 5. The number of amides is 2. The van der Waals surface area contributed by atoms with E-state index in [0.29, 0.717) is 6.54 Å². The topological polar surface area (TPSA) is 78.4 Å². The van der Waals surface area contributed by atoms with Crippen molar-refractivity contribution in [2.45, 2.75) is 12.2 Å². The van der Waals surface area contributed by atoms with Crippen LogP contribution in [0.3, 0.4) is 0 Å². The summed E-state index contributed by atoms with van der Waals surface area (Å²) in [7, 11) is 0. The molecule has 7 heteroatoms. The fraction of sp³-hybridized carbons (Fsp3) is 0.333. The predicted molar refractivity (Wildman–Crippen MR) is 73.4 cm³/mol. The third-order valence-corrected chi connectivity index (χ3v) is 3.38. The molecule has 1 atom stereocenters. The fourth-order valence-corrected chi connectivity index (χ4v) is 1.51. The summed E-state index contributed by atoms with van der Waals surface area (Å²) in [4.78, 5) is 22.1. The monoisotopic (exact) mass is 286 g/mol. The summed E-state index contributed by atoms with van der Waals surface area (Å²) in [5.74, 6) is -2.23. The van der Waals surface area contributed by atoms with Gasteiger partial charge in [-0.1, -0.05) is 6.92 Å². The molecule has 1 unspecified atom stereocenters. The molecule has 0 aromatic heterocycles. The molecule has 1 aromatic rings. The SMILES string of the molecule is CSC(C)CNC(=O)Nc1ccc(C(=O)O)c(F)c1. The van der Waals surface area contributed by atoms with Crippen LogP contribution in [0.25, 0.3) is 0 Å². The second-order valence-electron chi connectivity index (χ2n) is 3.88. The Labute approximate surface area is 114 Å². The Morgan fingerprint density at radius 2 is 2.16 bits per heavy atom. The summed E-state index contributed by atoms with van der Waals surface area (Å²) in [5.41, 5.74) is -0.223. The second kappa shape index (κ2) is 6.98. The molecule has 0 spiro atoms. The van der Waals surface area contributed by atoms with E-state index in [1.54, 1.807) is 11.8 Å². The van der Waals surface area contributed by atoms with Crippen molar-refractivity contribution in [3.63, 3.8) is 0 Å². The van der Waals surface area contributed by atoms with E-state index >= 15 is 0 Å². The zero-order chi connectivity index (χ0) is 14.4. The number of anilines is 1. The Balaban J connectivity index is 2.60. The van der Waals surface area contributed by atoms with Crippen molar-refractivity contribution >= 4 is 29.4 Å². The van der Waals surface area contributed by atoms with Gasteiger partial charge in [-0.3, -0.25) is 0 Å². The third kappa shape index (κ3) is 4.78. The van der Waals surface area contributed by atoms with Crippen molar-refractivity contribution in [1.29, 1.82) is 0 Å². The van der Waals surface area contributed by atoms with Gasteiger partial charge in [-0.15, -0.1) is 0 Å². The molecule has 19 heavy (non-hydrogen) atoms. The van der Waals surface area contributed by atoms with Crippen molar-refractivity contribution < 1.29 is 19.1 Å². The molecule has 0 heterocycles. The van der Waals surface area contributed by atoms with Crippen LogP contribution in [-0.2, 0) is 0 Å². The minimum atomic E-state index is -1.35. The molecule has 0 bridgehead atoms. The number of thioether (sulfide) groups is 1. The fourth-order valence-electron chi connectivity index (χ4n) is 1.26. The highest BCUT2D eigenvalue weighted by atomic mass is 32.2. The van der Waals surface area contributed by atoms with E-state index in [4.69, 9.17) is 5.11 Å². The lowest BCUT2D eigenvalue weighted by atomic mass is 10.2. The number of nitrogens with one attached hydrogen (secondary N) is 2. The van der Waals surface area contributed by atoms with Gasteiger partial charge in [0.15, 0.2) is 0 Å². The van der Waals surface area contributed by atoms with Crippen LogP contribution >= 0.6 is 11.8 Å².